The molecule has 9 heteroatoms. The lowest BCUT2D eigenvalue weighted by atomic mass is 10.0. The zero-order valence-electron chi connectivity index (χ0n) is 15.6. The summed E-state index contributed by atoms with van der Waals surface area (Å²) in [6, 6.07) is 8.94. The van der Waals surface area contributed by atoms with Gasteiger partial charge >= 0.3 is 6.18 Å². The van der Waals surface area contributed by atoms with E-state index in [0.717, 1.165) is 11.6 Å². The van der Waals surface area contributed by atoms with E-state index in [2.05, 4.69) is 10.4 Å². The quantitative estimate of drug-likeness (QED) is 0.627. The molecule has 29 heavy (non-hydrogen) atoms. The molecule has 1 aromatic heterocycles. The average Bonchev–Trinajstić information content (AvgIpc) is 3.29. The number of ether oxygens (including phenoxy) is 2. The largest absolute Gasteiger partial charge is 0.496 e. The lowest BCUT2D eigenvalue weighted by molar-refractivity contribution is -0.137. The van der Waals surface area contributed by atoms with Crippen LogP contribution in [0.4, 0.5) is 19.0 Å². The second-order valence-corrected chi connectivity index (χ2v) is 6.90. The first-order valence-corrected chi connectivity index (χ1v) is 9.17. The normalized spacial score (nSPS) is 13.2. The van der Waals surface area contributed by atoms with Gasteiger partial charge in [-0.05, 0) is 36.8 Å². The molecule has 0 atom stereocenters. The van der Waals surface area contributed by atoms with Crippen molar-refractivity contribution in [2.75, 3.05) is 26.1 Å². The molecule has 3 aromatic rings. The molecule has 5 nitrogen and oxygen atoms in total. The van der Waals surface area contributed by atoms with Gasteiger partial charge in [0.2, 0.25) is 0 Å². The van der Waals surface area contributed by atoms with Crippen LogP contribution < -0.4 is 14.8 Å². The summed E-state index contributed by atoms with van der Waals surface area (Å²) >= 11 is 5.83. The first-order chi connectivity index (χ1) is 13.8. The predicted octanol–water partition coefficient (Wildman–Crippen LogP) is 5.20. The first-order valence-electron chi connectivity index (χ1n) is 8.79. The minimum Gasteiger partial charge on any atom is -0.496 e. The van der Waals surface area contributed by atoms with Crippen LogP contribution in [0.2, 0.25) is 5.02 Å². The van der Waals surface area contributed by atoms with E-state index in [4.69, 9.17) is 21.1 Å². The minimum atomic E-state index is -4.58. The van der Waals surface area contributed by atoms with Crippen LogP contribution in [0.1, 0.15) is 11.1 Å². The topological polar surface area (TPSA) is 48.3 Å². The Morgan fingerprint density at radius 1 is 1.10 bits per heavy atom. The number of alkyl halides is 3. The highest BCUT2D eigenvalue weighted by Gasteiger charge is 2.36. The highest BCUT2D eigenvalue weighted by atomic mass is 35.5. The maximum atomic E-state index is 13.7. The van der Waals surface area contributed by atoms with E-state index in [-0.39, 0.29) is 10.7 Å². The Labute approximate surface area is 170 Å². The highest BCUT2D eigenvalue weighted by Crippen LogP contribution is 2.44. The van der Waals surface area contributed by atoms with E-state index in [9.17, 15) is 13.2 Å². The summed E-state index contributed by atoms with van der Waals surface area (Å²) < 4.78 is 53.2. The summed E-state index contributed by atoms with van der Waals surface area (Å²) in [5.41, 5.74) is 0.951. The second kappa shape index (κ2) is 7.18. The van der Waals surface area contributed by atoms with Gasteiger partial charge in [0.25, 0.3) is 0 Å². The van der Waals surface area contributed by atoms with Gasteiger partial charge in [-0.1, -0.05) is 17.7 Å². The van der Waals surface area contributed by atoms with Crippen LogP contribution in [-0.4, -0.2) is 30.5 Å². The number of rotatable bonds is 4. The molecule has 2 heterocycles. The van der Waals surface area contributed by atoms with Crippen LogP contribution >= 0.6 is 11.6 Å². The molecule has 0 aliphatic carbocycles. The molecule has 0 bridgehead atoms. The molecule has 0 amide bonds. The predicted molar refractivity (Wildman–Crippen MR) is 104 cm³/mol. The van der Waals surface area contributed by atoms with Crippen molar-refractivity contribution in [3.8, 4) is 28.4 Å². The average molecular weight is 424 g/mol. The summed E-state index contributed by atoms with van der Waals surface area (Å²) in [5.74, 6) is 1.56. The van der Waals surface area contributed by atoms with Crippen LogP contribution in [0, 0.1) is 0 Å². The third-order valence-corrected chi connectivity index (χ3v) is 5.04. The molecule has 0 unspecified atom stereocenters. The van der Waals surface area contributed by atoms with E-state index in [1.165, 1.54) is 31.0 Å². The van der Waals surface area contributed by atoms with Crippen molar-refractivity contribution < 1.29 is 22.6 Å². The molecule has 1 aliphatic heterocycles. The van der Waals surface area contributed by atoms with Gasteiger partial charge in [0.05, 0.1) is 31.0 Å². The molecule has 152 valence electrons. The number of benzene rings is 2. The summed E-state index contributed by atoms with van der Waals surface area (Å²) in [7, 11) is 3.05. The van der Waals surface area contributed by atoms with Gasteiger partial charge in [0.1, 0.15) is 23.0 Å². The molecular weight excluding hydrogens is 407 g/mol. The van der Waals surface area contributed by atoms with Crippen molar-refractivity contribution in [2.24, 2.45) is 0 Å². The minimum absolute atomic E-state index is 0.00413. The van der Waals surface area contributed by atoms with Crippen LogP contribution in [0.25, 0.3) is 16.9 Å². The van der Waals surface area contributed by atoms with Gasteiger partial charge in [-0.25, -0.2) is 4.68 Å². The monoisotopic (exact) mass is 423 g/mol. The number of aromatic nitrogens is 2. The SMILES string of the molecule is COc1cccc(OC)c1-c1nn(-c2ccc(Cl)cc2C(F)(F)F)c2c1CCN2. The van der Waals surface area contributed by atoms with Crippen molar-refractivity contribution >= 4 is 17.4 Å². The van der Waals surface area contributed by atoms with Crippen molar-refractivity contribution in [2.45, 2.75) is 12.6 Å². The van der Waals surface area contributed by atoms with Gasteiger partial charge < -0.3 is 14.8 Å². The lowest BCUT2D eigenvalue weighted by Crippen LogP contribution is -2.13. The summed E-state index contributed by atoms with van der Waals surface area (Å²) in [4.78, 5) is 0. The highest BCUT2D eigenvalue weighted by molar-refractivity contribution is 6.30. The molecule has 0 radical (unpaired) electrons. The van der Waals surface area contributed by atoms with Gasteiger partial charge in [-0.3, -0.25) is 0 Å². The van der Waals surface area contributed by atoms with Crippen LogP contribution in [0.5, 0.6) is 11.5 Å². The van der Waals surface area contributed by atoms with Gasteiger partial charge in [-0.2, -0.15) is 18.3 Å². The third kappa shape index (κ3) is 3.27. The van der Waals surface area contributed by atoms with E-state index < -0.39 is 11.7 Å². The zero-order chi connectivity index (χ0) is 20.8. The summed E-state index contributed by atoms with van der Waals surface area (Å²) in [6.07, 6.45) is -3.97. The molecular formula is C20H17ClF3N3O2. The van der Waals surface area contributed by atoms with E-state index in [0.29, 0.717) is 41.5 Å². The Morgan fingerprint density at radius 3 is 2.41 bits per heavy atom. The second-order valence-electron chi connectivity index (χ2n) is 6.46. The molecule has 0 saturated carbocycles. The van der Waals surface area contributed by atoms with Crippen LogP contribution in [0.3, 0.4) is 0 Å². The Hall–Kier alpha value is -2.87. The van der Waals surface area contributed by atoms with Crippen molar-refractivity contribution in [1.29, 1.82) is 0 Å². The van der Waals surface area contributed by atoms with E-state index in [1.54, 1.807) is 18.2 Å². The first kappa shape index (κ1) is 19.4. The van der Waals surface area contributed by atoms with Gasteiger partial charge in [-0.15, -0.1) is 0 Å². The molecule has 1 aliphatic rings. The Kier molecular flexibility index (Phi) is 4.82. The zero-order valence-corrected chi connectivity index (χ0v) is 16.4. The van der Waals surface area contributed by atoms with Crippen LogP contribution in [-0.2, 0) is 12.6 Å². The fraction of sp³-hybridized carbons (Fsp3) is 0.250. The number of hydrogen-bond acceptors (Lipinski definition) is 4. The molecule has 0 saturated heterocycles. The number of halogens is 4. The fourth-order valence-corrected chi connectivity index (χ4v) is 3.73. The maximum absolute atomic E-state index is 13.7. The number of methoxy groups -OCH3 is 2. The summed E-state index contributed by atoms with van der Waals surface area (Å²) in [5, 5.41) is 7.69. The lowest BCUT2D eigenvalue weighted by Gasteiger charge is -2.15. The number of hydrogen-bond donors (Lipinski definition) is 1. The fourth-order valence-electron chi connectivity index (χ4n) is 3.55. The van der Waals surface area contributed by atoms with Crippen molar-refractivity contribution in [1.82, 2.24) is 9.78 Å². The number of anilines is 1. The van der Waals surface area contributed by atoms with E-state index >= 15 is 0 Å². The van der Waals surface area contributed by atoms with Crippen molar-refractivity contribution in [3.63, 3.8) is 0 Å². The number of nitrogens with one attached hydrogen (secondary N) is 1. The Bertz CT molecular complexity index is 1060. The molecule has 2 aromatic carbocycles. The van der Waals surface area contributed by atoms with Crippen LogP contribution in [0.15, 0.2) is 36.4 Å². The number of nitrogens with zero attached hydrogens (tertiary/aromatic N) is 2. The Morgan fingerprint density at radius 2 is 1.79 bits per heavy atom. The molecule has 1 N–H and O–H groups in total. The Balaban J connectivity index is 1.99. The maximum Gasteiger partial charge on any atom is 0.418 e. The number of fused-ring (bicyclic) bond motifs is 1. The molecule has 0 fully saturated rings. The third-order valence-electron chi connectivity index (χ3n) is 4.81. The molecule has 0 spiro atoms. The van der Waals surface area contributed by atoms with Gasteiger partial charge in [0, 0.05) is 17.1 Å². The molecule has 4 rings (SSSR count). The smallest absolute Gasteiger partial charge is 0.418 e. The van der Waals surface area contributed by atoms with Crippen molar-refractivity contribution in [3.05, 3.63) is 52.5 Å². The van der Waals surface area contributed by atoms with Gasteiger partial charge in [0.15, 0.2) is 0 Å². The summed E-state index contributed by atoms with van der Waals surface area (Å²) in [6.45, 7) is 0.590. The van der Waals surface area contributed by atoms with E-state index in [1.807, 2.05) is 0 Å². The standard InChI is InChI=1S/C20H17ClF3N3O2/c1-28-15-4-3-5-16(29-2)17(15)18-12-8-9-25-19(12)27(26-18)14-7-6-11(21)10-13(14)20(22,23)24/h3-7,10,25H,8-9H2,1-2H3.